The highest BCUT2D eigenvalue weighted by Crippen LogP contribution is 2.21. The Morgan fingerprint density at radius 1 is 0.944 bits per heavy atom. The molecule has 90 valence electrons. The second kappa shape index (κ2) is 4.10. The molecule has 1 aliphatic rings. The van der Waals surface area contributed by atoms with Gasteiger partial charge in [0.25, 0.3) is 11.8 Å². The van der Waals surface area contributed by atoms with Crippen LogP contribution in [0.5, 0.6) is 0 Å². The van der Waals surface area contributed by atoms with Gasteiger partial charge in [-0.15, -0.1) is 0 Å². The minimum atomic E-state index is -0.220. The van der Waals surface area contributed by atoms with Crippen LogP contribution in [-0.4, -0.2) is 33.0 Å². The van der Waals surface area contributed by atoms with E-state index in [1.807, 2.05) is 6.07 Å². The molecule has 2 aromatic rings. The molecule has 0 unspecified atom stereocenters. The molecule has 0 N–H and O–H groups in total. The monoisotopic (exact) mass is 241 g/mol. The van der Waals surface area contributed by atoms with Crippen LogP contribution in [0.1, 0.15) is 20.7 Å². The highest BCUT2D eigenvalue weighted by Gasteiger charge is 2.34. The van der Waals surface area contributed by atoms with Gasteiger partial charge in [0.1, 0.15) is 0 Å². The summed E-state index contributed by atoms with van der Waals surface area (Å²) in [6, 6.07) is 8.71. The molecule has 0 radical (unpaired) electrons. The summed E-state index contributed by atoms with van der Waals surface area (Å²) in [5, 5.41) is 4.04. The van der Waals surface area contributed by atoms with Crippen LogP contribution >= 0.6 is 0 Å². The number of fused-ring (bicyclic) bond motifs is 1. The van der Waals surface area contributed by atoms with Gasteiger partial charge in [0.15, 0.2) is 0 Å². The Hall–Kier alpha value is -2.43. The number of hydrogen-bond donors (Lipinski definition) is 0. The fourth-order valence-electron chi connectivity index (χ4n) is 2.08. The number of benzene rings is 1. The van der Waals surface area contributed by atoms with Crippen molar-refractivity contribution in [2.24, 2.45) is 0 Å². The molecule has 1 aromatic heterocycles. The zero-order chi connectivity index (χ0) is 12.5. The molecule has 2 amide bonds. The standard InChI is InChI=1S/C13H11N3O2/c17-12-10-4-1-2-5-11(10)13(18)16(12)9-8-15-7-3-6-14-15/h1-7H,8-9H2. The highest BCUT2D eigenvalue weighted by atomic mass is 16.2. The number of carbonyl (C=O) groups excluding carboxylic acids is 2. The summed E-state index contributed by atoms with van der Waals surface area (Å²) in [4.78, 5) is 25.4. The molecule has 2 heterocycles. The maximum absolute atomic E-state index is 12.0. The van der Waals surface area contributed by atoms with Gasteiger partial charge in [0.2, 0.25) is 0 Å². The van der Waals surface area contributed by atoms with Crippen molar-refractivity contribution in [2.45, 2.75) is 6.54 Å². The van der Waals surface area contributed by atoms with Gasteiger partial charge < -0.3 is 0 Å². The van der Waals surface area contributed by atoms with Crippen LogP contribution in [0.15, 0.2) is 42.7 Å². The van der Waals surface area contributed by atoms with Crippen molar-refractivity contribution in [3.8, 4) is 0 Å². The Kier molecular flexibility index (Phi) is 2.44. The zero-order valence-corrected chi connectivity index (χ0v) is 9.61. The molecular formula is C13H11N3O2. The smallest absolute Gasteiger partial charge is 0.261 e. The second-order valence-electron chi connectivity index (χ2n) is 4.08. The zero-order valence-electron chi connectivity index (χ0n) is 9.61. The third-order valence-corrected chi connectivity index (χ3v) is 2.99. The number of imide groups is 1. The molecule has 1 aliphatic heterocycles. The fraction of sp³-hybridized carbons (Fsp3) is 0.154. The summed E-state index contributed by atoms with van der Waals surface area (Å²) in [7, 11) is 0. The van der Waals surface area contributed by atoms with Crippen molar-refractivity contribution in [1.82, 2.24) is 14.7 Å². The number of rotatable bonds is 3. The van der Waals surface area contributed by atoms with Crippen LogP contribution in [0.2, 0.25) is 0 Å². The first kappa shape index (κ1) is 10.7. The first-order chi connectivity index (χ1) is 8.77. The van der Waals surface area contributed by atoms with Crippen LogP contribution in [0, 0.1) is 0 Å². The number of amides is 2. The van der Waals surface area contributed by atoms with Crippen LogP contribution in [0.4, 0.5) is 0 Å². The molecule has 0 fully saturated rings. The van der Waals surface area contributed by atoms with Gasteiger partial charge in [-0.2, -0.15) is 5.10 Å². The average Bonchev–Trinajstić information content (AvgIpc) is 2.98. The van der Waals surface area contributed by atoms with E-state index in [1.54, 1.807) is 41.3 Å². The van der Waals surface area contributed by atoms with Crippen molar-refractivity contribution in [1.29, 1.82) is 0 Å². The van der Waals surface area contributed by atoms with Gasteiger partial charge in [0, 0.05) is 18.9 Å². The van der Waals surface area contributed by atoms with E-state index < -0.39 is 0 Å². The first-order valence-corrected chi connectivity index (χ1v) is 5.70. The topological polar surface area (TPSA) is 55.2 Å². The van der Waals surface area contributed by atoms with Gasteiger partial charge in [-0.3, -0.25) is 19.2 Å². The third kappa shape index (κ3) is 1.60. The van der Waals surface area contributed by atoms with E-state index in [1.165, 1.54) is 4.90 Å². The molecule has 5 heteroatoms. The van der Waals surface area contributed by atoms with Crippen molar-refractivity contribution < 1.29 is 9.59 Å². The highest BCUT2D eigenvalue weighted by molar-refractivity contribution is 6.21. The van der Waals surface area contributed by atoms with Crippen LogP contribution in [0.3, 0.4) is 0 Å². The summed E-state index contributed by atoms with van der Waals surface area (Å²) in [6.07, 6.45) is 3.47. The van der Waals surface area contributed by atoms with E-state index in [4.69, 9.17) is 0 Å². The molecule has 5 nitrogen and oxygen atoms in total. The molecule has 1 aromatic carbocycles. The van der Waals surface area contributed by atoms with Crippen molar-refractivity contribution in [3.05, 3.63) is 53.9 Å². The van der Waals surface area contributed by atoms with Crippen molar-refractivity contribution in [2.75, 3.05) is 6.54 Å². The lowest BCUT2D eigenvalue weighted by Gasteiger charge is -2.13. The SMILES string of the molecule is O=C1c2ccccc2C(=O)N1CCn1cccn1. The Balaban J connectivity index is 1.80. The van der Waals surface area contributed by atoms with Crippen molar-refractivity contribution >= 4 is 11.8 Å². The molecule has 0 spiro atoms. The summed E-state index contributed by atoms with van der Waals surface area (Å²) in [5.41, 5.74) is 0.978. The fourth-order valence-corrected chi connectivity index (χ4v) is 2.08. The first-order valence-electron chi connectivity index (χ1n) is 5.70. The maximum Gasteiger partial charge on any atom is 0.261 e. The lowest BCUT2D eigenvalue weighted by molar-refractivity contribution is 0.0647. The summed E-state index contributed by atoms with van der Waals surface area (Å²) in [6.45, 7) is 0.854. The van der Waals surface area contributed by atoms with E-state index in [2.05, 4.69) is 5.10 Å². The van der Waals surface area contributed by atoms with E-state index in [-0.39, 0.29) is 11.8 Å². The van der Waals surface area contributed by atoms with E-state index in [9.17, 15) is 9.59 Å². The van der Waals surface area contributed by atoms with Crippen LogP contribution in [-0.2, 0) is 6.54 Å². The van der Waals surface area contributed by atoms with Gasteiger partial charge >= 0.3 is 0 Å². The number of nitrogens with zero attached hydrogens (tertiary/aromatic N) is 3. The van der Waals surface area contributed by atoms with Gasteiger partial charge in [-0.25, -0.2) is 0 Å². The predicted octanol–water partition coefficient (Wildman–Crippen LogP) is 1.18. The van der Waals surface area contributed by atoms with Gasteiger partial charge in [0.05, 0.1) is 17.7 Å². The Morgan fingerprint density at radius 3 is 2.17 bits per heavy atom. The minimum absolute atomic E-state index is 0.220. The molecule has 18 heavy (non-hydrogen) atoms. The van der Waals surface area contributed by atoms with Gasteiger partial charge in [-0.1, -0.05) is 12.1 Å². The van der Waals surface area contributed by atoms with Crippen LogP contribution < -0.4 is 0 Å². The molecule has 3 rings (SSSR count). The van der Waals surface area contributed by atoms with E-state index >= 15 is 0 Å². The molecule has 0 saturated carbocycles. The molecular weight excluding hydrogens is 230 g/mol. The van der Waals surface area contributed by atoms with Crippen molar-refractivity contribution in [3.63, 3.8) is 0 Å². The van der Waals surface area contributed by atoms with E-state index in [0.717, 1.165) is 0 Å². The molecule has 0 aliphatic carbocycles. The normalized spacial score (nSPS) is 14.1. The summed E-state index contributed by atoms with van der Waals surface area (Å²) < 4.78 is 1.70. The Bertz CT molecular complexity index is 569. The summed E-state index contributed by atoms with van der Waals surface area (Å²) in [5.74, 6) is -0.439. The Labute approximate surface area is 104 Å². The minimum Gasteiger partial charge on any atom is -0.272 e. The predicted molar refractivity (Wildman–Crippen MR) is 64.0 cm³/mol. The third-order valence-electron chi connectivity index (χ3n) is 2.99. The molecule has 0 saturated heterocycles. The lowest BCUT2D eigenvalue weighted by Crippen LogP contribution is -2.32. The quantitative estimate of drug-likeness (QED) is 0.758. The lowest BCUT2D eigenvalue weighted by atomic mass is 10.1. The number of aromatic nitrogens is 2. The van der Waals surface area contributed by atoms with Crippen LogP contribution in [0.25, 0.3) is 0 Å². The second-order valence-corrected chi connectivity index (χ2v) is 4.08. The molecule has 0 atom stereocenters. The number of carbonyl (C=O) groups is 2. The Morgan fingerprint density at radius 2 is 1.61 bits per heavy atom. The average molecular weight is 241 g/mol. The molecule has 0 bridgehead atoms. The van der Waals surface area contributed by atoms with E-state index in [0.29, 0.717) is 24.2 Å². The summed E-state index contributed by atoms with van der Waals surface area (Å²) >= 11 is 0. The largest absolute Gasteiger partial charge is 0.272 e. The van der Waals surface area contributed by atoms with Gasteiger partial charge in [-0.05, 0) is 18.2 Å². The number of hydrogen-bond acceptors (Lipinski definition) is 3. The maximum atomic E-state index is 12.0.